The smallest absolute Gasteiger partial charge is 0.243 e. The van der Waals surface area contributed by atoms with E-state index >= 15 is 0 Å². The van der Waals surface area contributed by atoms with Gasteiger partial charge in [-0.3, -0.25) is 4.79 Å². The highest BCUT2D eigenvalue weighted by Gasteiger charge is 2.21. The third-order valence-corrected chi connectivity index (χ3v) is 4.55. The third-order valence-electron chi connectivity index (χ3n) is 3.80. The van der Waals surface area contributed by atoms with Crippen LogP contribution in [0.2, 0.25) is 0 Å². The quantitative estimate of drug-likeness (QED) is 0.632. The molecule has 1 atom stereocenters. The molecule has 132 valence electrons. The number of amides is 1. The highest BCUT2D eigenvalue weighted by Crippen LogP contribution is 2.33. The first-order valence-electron chi connectivity index (χ1n) is 8.22. The zero-order valence-electron chi connectivity index (χ0n) is 14.5. The van der Waals surface area contributed by atoms with E-state index in [1.165, 1.54) is 0 Å². The molecular formula is C19H23N3O2S. The predicted octanol–water partition coefficient (Wildman–Crippen LogP) is 3.37. The van der Waals surface area contributed by atoms with Gasteiger partial charge in [0, 0.05) is 16.3 Å². The van der Waals surface area contributed by atoms with Gasteiger partial charge >= 0.3 is 0 Å². The van der Waals surface area contributed by atoms with Crippen LogP contribution < -0.4 is 10.6 Å². The molecule has 0 saturated heterocycles. The molecule has 0 aliphatic rings. The molecule has 5 nitrogen and oxygen atoms in total. The lowest BCUT2D eigenvalue weighted by Crippen LogP contribution is -2.40. The summed E-state index contributed by atoms with van der Waals surface area (Å²) in [7, 11) is 0. The van der Waals surface area contributed by atoms with E-state index in [4.69, 9.17) is 5.26 Å². The Morgan fingerprint density at radius 3 is 2.60 bits per heavy atom. The second-order valence-corrected chi connectivity index (χ2v) is 7.00. The summed E-state index contributed by atoms with van der Waals surface area (Å²) < 4.78 is 0. The molecule has 1 heterocycles. The Morgan fingerprint density at radius 2 is 2.00 bits per heavy atom. The molecule has 1 aromatic carbocycles. The van der Waals surface area contributed by atoms with Gasteiger partial charge in [-0.1, -0.05) is 38.1 Å². The number of thiophene rings is 1. The topological polar surface area (TPSA) is 85.2 Å². The Balaban J connectivity index is 2.20. The summed E-state index contributed by atoms with van der Waals surface area (Å²) in [6.07, 6.45) is 0.677. The van der Waals surface area contributed by atoms with Crippen molar-refractivity contribution in [3.63, 3.8) is 0 Å². The molecule has 0 aliphatic carbocycles. The van der Waals surface area contributed by atoms with Crippen LogP contribution in [0.25, 0.3) is 11.1 Å². The fraction of sp³-hybridized carbons (Fsp3) is 0.368. The molecule has 0 radical (unpaired) electrons. The van der Waals surface area contributed by atoms with Crippen molar-refractivity contribution >= 4 is 22.9 Å². The lowest BCUT2D eigenvalue weighted by atomic mass is 10.0. The molecule has 1 unspecified atom stereocenters. The largest absolute Gasteiger partial charge is 0.392 e. The molecule has 0 aliphatic heterocycles. The van der Waals surface area contributed by atoms with Gasteiger partial charge in [0.05, 0.1) is 18.4 Å². The fourth-order valence-corrected chi connectivity index (χ4v) is 3.36. The molecule has 0 saturated carbocycles. The normalized spacial score (nSPS) is 11.8. The van der Waals surface area contributed by atoms with E-state index in [0.717, 1.165) is 22.4 Å². The maximum Gasteiger partial charge on any atom is 0.243 e. The van der Waals surface area contributed by atoms with E-state index in [0.29, 0.717) is 12.3 Å². The minimum atomic E-state index is -0.390. The number of hydrogen-bond acceptors (Lipinski definition) is 5. The summed E-state index contributed by atoms with van der Waals surface area (Å²) in [4.78, 5) is 12.3. The Kier molecular flexibility index (Phi) is 6.99. The zero-order chi connectivity index (χ0) is 18.2. The number of aliphatic hydroxyl groups is 1. The van der Waals surface area contributed by atoms with E-state index < -0.39 is 6.04 Å². The SMILES string of the molecule is CC(C)CC(Nc1cscc1-c1ccc(CO)cc1)C(=O)NCC#N. The first-order chi connectivity index (χ1) is 12.0. The molecule has 0 bridgehead atoms. The van der Waals surface area contributed by atoms with Crippen molar-refractivity contribution in [2.75, 3.05) is 11.9 Å². The number of anilines is 1. The summed E-state index contributed by atoms with van der Waals surface area (Å²) >= 11 is 1.57. The minimum absolute atomic E-state index is 0.00816. The minimum Gasteiger partial charge on any atom is -0.392 e. The van der Waals surface area contributed by atoms with Crippen molar-refractivity contribution < 1.29 is 9.90 Å². The van der Waals surface area contributed by atoms with Crippen LogP contribution in [-0.2, 0) is 11.4 Å². The highest BCUT2D eigenvalue weighted by molar-refractivity contribution is 7.08. The number of aliphatic hydroxyl groups excluding tert-OH is 1. The number of benzene rings is 1. The number of rotatable bonds is 8. The van der Waals surface area contributed by atoms with E-state index in [-0.39, 0.29) is 19.1 Å². The van der Waals surface area contributed by atoms with Crippen molar-refractivity contribution in [2.24, 2.45) is 5.92 Å². The van der Waals surface area contributed by atoms with Crippen LogP contribution in [0.3, 0.4) is 0 Å². The van der Waals surface area contributed by atoms with Crippen molar-refractivity contribution in [2.45, 2.75) is 32.9 Å². The second-order valence-electron chi connectivity index (χ2n) is 6.26. The lowest BCUT2D eigenvalue weighted by Gasteiger charge is -2.21. The van der Waals surface area contributed by atoms with Crippen LogP contribution >= 0.6 is 11.3 Å². The molecule has 6 heteroatoms. The van der Waals surface area contributed by atoms with Gasteiger partial charge in [-0.2, -0.15) is 5.26 Å². The van der Waals surface area contributed by atoms with E-state index in [2.05, 4.69) is 24.5 Å². The van der Waals surface area contributed by atoms with Gasteiger partial charge < -0.3 is 15.7 Å². The van der Waals surface area contributed by atoms with E-state index in [9.17, 15) is 9.90 Å². The van der Waals surface area contributed by atoms with Gasteiger partial charge in [0.25, 0.3) is 0 Å². The van der Waals surface area contributed by atoms with Crippen LogP contribution in [0.1, 0.15) is 25.8 Å². The number of nitriles is 1. The summed E-state index contributed by atoms with van der Waals surface area (Å²) in [5, 5.41) is 27.8. The number of hydrogen-bond donors (Lipinski definition) is 3. The summed E-state index contributed by atoms with van der Waals surface area (Å²) in [5.41, 5.74) is 3.82. The molecular weight excluding hydrogens is 334 g/mol. The van der Waals surface area contributed by atoms with Crippen LogP contribution in [0, 0.1) is 17.2 Å². The Labute approximate surface area is 152 Å². The number of nitrogens with one attached hydrogen (secondary N) is 2. The number of nitrogens with zero attached hydrogens (tertiary/aromatic N) is 1. The van der Waals surface area contributed by atoms with Gasteiger partial charge in [-0.25, -0.2) is 0 Å². The Bertz CT molecular complexity index is 732. The highest BCUT2D eigenvalue weighted by atomic mass is 32.1. The van der Waals surface area contributed by atoms with Gasteiger partial charge in [0.1, 0.15) is 12.6 Å². The van der Waals surface area contributed by atoms with Crippen LogP contribution in [0.5, 0.6) is 0 Å². The van der Waals surface area contributed by atoms with Gasteiger partial charge in [0.2, 0.25) is 5.91 Å². The number of carbonyl (C=O) groups is 1. The molecule has 0 fully saturated rings. The van der Waals surface area contributed by atoms with E-state index in [1.807, 2.05) is 41.1 Å². The van der Waals surface area contributed by atoms with Crippen LogP contribution in [0.4, 0.5) is 5.69 Å². The van der Waals surface area contributed by atoms with Crippen LogP contribution in [-0.4, -0.2) is 23.6 Å². The van der Waals surface area contributed by atoms with Crippen molar-refractivity contribution in [3.05, 3.63) is 40.6 Å². The van der Waals surface area contributed by atoms with Gasteiger partial charge in [0.15, 0.2) is 0 Å². The maximum atomic E-state index is 12.3. The molecule has 25 heavy (non-hydrogen) atoms. The zero-order valence-corrected chi connectivity index (χ0v) is 15.3. The average molecular weight is 357 g/mol. The summed E-state index contributed by atoms with van der Waals surface area (Å²) in [5.74, 6) is 0.180. The Hall–Kier alpha value is -2.36. The molecule has 2 rings (SSSR count). The molecule has 1 aromatic heterocycles. The van der Waals surface area contributed by atoms with Crippen LogP contribution in [0.15, 0.2) is 35.0 Å². The summed E-state index contributed by atoms with van der Waals surface area (Å²) in [6.45, 7) is 4.15. The molecule has 2 aromatic rings. The van der Waals surface area contributed by atoms with Crippen molar-refractivity contribution in [3.8, 4) is 17.2 Å². The molecule has 1 amide bonds. The van der Waals surface area contributed by atoms with Crippen molar-refractivity contribution in [1.82, 2.24) is 5.32 Å². The number of carbonyl (C=O) groups excluding carboxylic acids is 1. The fourth-order valence-electron chi connectivity index (χ4n) is 2.56. The van der Waals surface area contributed by atoms with Gasteiger partial charge in [-0.15, -0.1) is 11.3 Å². The monoisotopic (exact) mass is 357 g/mol. The first-order valence-corrected chi connectivity index (χ1v) is 9.17. The lowest BCUT2D eigenvalue weighted by molar-refractivity contribution is -0.121. The predicted molar refractivity (Wildman–Crippen MR) is 101 cm³/mol. The average Bonchev–Trinajstić information content (AvgIpc) is 3.07. The standard InChI is InChI=1S/C19H23N3O2S/c1-13(2)9-17(19(24)21-8-7-20)22-18-12-25-11-16(18)15-5-3-14(10-23)4-6-15/h3-6,11-13,17,22-23H,8-10H2,1-2H3,(H,21,24). The third kappa shape index (κ3) is 5.31. The molecule has 3 N–H and O–H groups in total. The maximum absolute atomic E-state index is 12.3. The molecule has 0 spiro atoms. The van der Waals surface area contributed by atoms with E-state index in [1.54, 1.807) is 11.3 Å². The second kappa shape index (κ2) is 9.21. The van der Waals surface area contributed by atoms with Gasteiger partial charge in [-0.05, 0) is 23.5 Å². The summed E-state index contributed by atoms with van der Waals surface area (Å²) in [6, 6.07) is 9.26. The Morgan fingerprint density at radius 1 is 1.28 bits per heavy atom. The first kappa shape index (κ1) is 19.0. The van der Waals surface area contributed by atoms with Crippen molar-refractivity contribution in [1.29, 1.82) is 5.26 Å².